The summed E-state index contributed by atoms with van der Waals surface area (Å²) in [6.07, 6.45) is 7.05. The quantitative estimate of drug-likeness (QED) is 0.512. The van der Waals surface area contributed by atoms with Crippen LogP contribution in [-0.4, -0.2) is 11.9 Å². The van der Waals surface area contributed by atoms with Crippen molar-refractivity contribution in [1.82, 2.24) is 0 Å². The lowest BCUT2D eigenvalue weighted by Gasteiger charge is -2.55. The smallest absolute Gasteiger partial charge is 0.255 e. The molecule has 4 fully saturated rings. The van der Waals surface area contributed by atoms with Gasteiger partial charge in [-0.3, -0.25) is 4.79 Å². The Hall–Kier alpha value is -1.06. The van der Waals surface area contributed by atoms with E-state index in [1.54, 1.807) is 0 Å². The molecular formula is C12H19N3O. The zero-order valence-corrected chi connectivity index (χ0v) is 9.48. The van der Waals surface area contributed by atoms with E-state index in [2.05, 4.69) is 4.99 Å². The van der Waals surface area contributed by atoms with Crippen LogP contribution in [-0.2, 0) is 4.79 Å². The van der Waals surface area contributed by atoms with Gasteiger partial charge in [0, 0.05) is 0 Å². The van der Waals surface area contributed by atoms with Gasteiger partial charge in [-0.2, -0.15) is 4.99 Å². The van der Waals surface area contributed by atoms with Gasteiger partial charge < -0.3 is 11.5 Å². The summed E-state index contributed by atoms with van der Waals surface area (Å²) in [6, 6.07) is 0. The average Bonchev–Trinajstić information content (AvgIpc) is 2.13. The van der Waals surface area contributed by atoms with Crippen molar-refractivity contribution < 1.29 is 4.79 Å². The van der Waals surface area contributed by atoms with Gasteiger partial charge in [0.25, 0.3) is 5.91 Å². The molecule has 4 N–H and O–H groups in total. The summed E-state index contributed by atoms with van der Waals surface area (Å²) in [7, 11) is 0. The Morgan fingerprint density at radius 1 is 1.00 bits per heavy atom. The maximum absolute atomic E-state index is 12.2. The van der Waals surface area contributed by atoms with Crippen LogP contribution in [0.4, 0.5) is 0 Å². The maximum Gasteiger partial charge on any atom is 0.255 e. The van der Waals surface area contributed by atoms with E-state index in [0.717, 1.165) is 37.0 Å². The minimum atomic E-state index is -0.196. The molecule has 4 bridgehead atoms. The van der Waals surface area contributed by atoms with Crippen molar-refractivity contribution in [3.05, 3.63) is 0 Å². The Labute approximate surface area is 95.5 Å². The van der Waals surface area contributed by atoms with Crippen molar-refractivity contribution in [3.63, 3.8) is 0 Å². The summed E-state index contributed by atoms with van der Waals surface area (Å²) in [5, 5.41) is 0. The third-order valence-electron chi connectivity index (χ3n) is 4.72. The average molecular weight is 221 g/mol. The number of hydrogen-bond acceptors (Lipinski definition) is 1. The van der Waals surface area contributed by atoms with E-state index in [4.69, 9.17) is 11.5 Å². The summed E-state index contributed by atoms with van der Waals surface area (Å²) in [4.78, 5) is 16.0. The second kappa shape index (κ2) is 3.22. The molecule has 16 heavy (non-hydrogen) atoms. The van der Waals surface area contributed by atoms with Crippen LogP contribution in [0.3, 0.4) is 0 Å². The molecule has 1 amide bonds. The van der Waals surface area contributed by atoms with Gasteiger partial charge in [-0.05, 0) is 56.3 Å². The highest BCUT2D eigenvalue weighted by Gasteiger charge is 2.54. The summed E-state index contributed by atoms with van der Waals surface area (Å²) in [6.45, 7) is 0. The number of nitrogens with two attached hydrogens (primary N) is 2. The van der Waals surface area contributed by atoms with E-state index in [0.29, 0.717) is 0 Å². The summed E-state index contributed by atoms with van der Waals surface area (Å²) in [5.41, 5.74) is 10.4. The lowest BCUT2D eigenvalue weighted by Crippen LogP contribution is -2.50. The molecule has 88 valence electrons. The third-order valence-corrected chi connectivity index (χ3v) is 4.72. The van der Waals surface area contributed by atoms with Crippen LogP contribution in [0.25, 0.3) is 0 Å². The molecule has 4 aliphatic rings. The fourth-order valence-corrected chi connectivity index (χ4v) is 4.61. The van der Waals surface area contributed by atoms with E-state index in [1.807, 2.05) is 0 Å². The molecule has 0 unspecified atom stereocenters. The summed E-state index contributed by atoms with van der Waals surface area (Å²) in [5.74, 6) is 2.13. The van der Waals surface area contributed by atoms with Gasteiger partial charge in [-0.1, -0.05) is 0 Å². The van der Waals surface area contributed by atoms with Crippen molar-refractivity contribution >= 4 is 11.9 Å². The molecule has 0 atom stereocenters. The van der Waals surface area contributed by atoms with Crippen LogP contribution in [0.1, 0.15) is 38.5 Å². The molecule has 4 heteroatoms. The normalized spacial score (nSPS) is 44.4. The van der Waals surface area contributed by atoms with Gasteiger partial charge in [-0.15, -0.1) is 0 Å². The number of guanidine groups is 1. The number of hydrogen-bond donors (Lipinski definition) is 2. The highest BCUT2D eigenvalue weighted by atomic mass is 16.1. The molecule has 0 aromatic rings. The van der Waals surface area contributed by atoms with Gasteiger partial charge in [-0.25, -0.2) is 0 Å². The zero-order chi connectivity index (χ0) is 11.3. The van der Waals surface area contributed by atoms with E-state index in [-0.39, 0.29) is 17.3 Å². The van der Waals surface area contributed by atoms with Crippen LogP contribution < -0.4 is 11.5 Å². The first-order valence-electron chi connectivity index (χ1n) is 6.21. The van der Waals surface area contributed by atoms with E-state index in [9.17, 15) is 4.79 Å². The summed E-state index contributed by atoms with van der Waals surface area (Å²) < 4.78 is 0. The highest BCUT2D eigenvalue weighted by Crippen LogP contribution is 2.60. The number of rotatable bonds is 1. The SMILES string of the molecule is NC(N)=NC(=O)C12CC3CC(CC(C3)C1)C2. The Morgan fingerprint density at radius 3 is 1.81 bits per heavy atom. The fraction of sp³-hybridized carbons (Fsp3) is 0.833. The Kier molecular flexibility index (Phi) is 2.03. The van der Waals surface area contributed by atoms with E-state index < -0.39 is 0 Å². The minimum Gasteiger partial charge on any atom is -0.370 e. The largest absolute Gasteiger partial charge is 0.370 e. The molecule has 0 aromatic carbocycles. The first kappa shape index (κ1) is 10.1. The van der Waals surface area contributed by atoms with E-state index >= 15 is 0 Å². The molecule has 0 aliphatic heterocycles. The molecule has 4 rings (SSSR count). The predicted molar refractivity (Wildman–Crippen MR) is 61.4 cm³/mol. The molecule has 0 aromatic heterocycles. The fourth-order valence-electron chi connectivity index (χ4n) is 4.61. The number of amides is 1. The second-order valence-electron chi connectivity index (χ2n) is 6.04. The van der Waals surface area contributed by atoms with Crippen molar-refractivity contribution in [1.29, 1.82) is 0 Å². The molecule has 0 spiro atoms. The Morgan fingerprint density at radius 2 is 1.44 bits per heavy atom. The number of aliphatic imine (C=N–C) groups is 1. The molecule has 4 aliphatic carbocycles. The van der Waals surface area contributed by atoms with Gasteiger partial charge in [0.1, 0.15) is 0 Å². The molecule has 0 radical (unpaired) electrons. The van der Waals surface area contributed by atoms with Crippen molar-refractivity contribution in [3.8, 4) is 0 Å². The highest BCUT2D eigenvalue weighted by molar-refractivity contribution is 5.94. The Bertz CT molecular complexity index is 322. The lowest BCUT2D eigenvalue weighted by molar-refractivity contribution is -0.142. The van der Waals surface area contributed by atoms with Gasteiger partial charge >= 0.3 is 0 Å². The van der Waals surface area contributed by atoms with Crippen molar-refractivity contribution in [2.24, 2.45) is 39.6 Å². The monoisotopic (exact) mass is 221 g/mol. The maximum atomic E-state index is 12.2. The van der Waals surface area contributed by atoms with Crippen molar-refractivity contribution in [2.45, 2.75) is 38.5 Å². The third kappa shape index (κ3) is 1.43. The second-order valence-corrected chi connectivity index (χ2v) is 6.04. The van der Waals surface area contributed by atoms with E-state index in [1.165, 1.54) is 19.3 Å². The molecular weight excluding hydrogens is 202 g/mol. The van der Waals surface area contributed by atoms with Crippen LogP contribution in [0.15, 0.2) is 4.99 Å². The number of carbonyl (C=O) groups excluding carboxylic acids is 1. The van der Waals surface area contributed by atoms with Gasteiger partial charge in [0.2, 0.25) is 0 Å². The first-order valence-corrected chi connectivity index (χ1v) is 6.21. The molecule has 0 saturated heterocycles. The standard InChI is InChI=1S/C12H19N3O/c13-11(14)15-10(16)12-4-7-1-8(5-12)3-9(2-7)6-12/h7-9H,1-6H2,(H4,13,14,15,16). The van der Waals surface area contributed by atoms with Crippen LogP contribution in [0.2, 0.25) is 0 Å². The van der Waals surface area contributed by atoms with Crippen LogP contribution in [0, 0.1) is 23.2 Å². The first-order chi connectivity index (χ1) is 7.57. The minimum absolute atomic E-state index is 0.0494. The lowest BCUT2D eigenvalue weighted by atomic mass is 9.49. The number of carbonyl (C=O) groups is 1. The molecule has 4 nitrogen and oxygen atoms in total. The van der Waals surface area contributed by atoms with Crippen molar-refractivity contribution in [2.75, 3.05) is 0 Å². The Balaban J connectivity index is 1.88. The van der Waals surface area contributed by atoms with Crippen LogP contribution >= 0.6 is 0 Å². The summed E-state index contributed by atoms with van der Waals surface area (Å²) >= 11 is 0. The van der Waals surface area contributed by atoms with Gasteiger partial charge in [0.05, 0.1) is 5.41 Å². The topological polar surface area (TPSA) is 81.5 Å². The van der Waals surface area contributed by atoms with Gasteiger partial charge in [0.15, 0.2) is 5.96 Å². The predicted octanol–water partition coefficient (Wildman–Crippen LogP) is 1.00. The number of nitrogens with zero attached hydrogens (tertiary/aromatic N) is 1. The zero-order valence-electron chi connectivity index (χ0n) is 9.48. The molecule has 0 heterocycles. The molecule has 4 saturated carbocycles. The van der Waals surface area contributed by atoms with Crippen LogP contribution in [0.5, 0.6) is 0 Å².